The lowest BCUT2D eigenvalue weighted by Crippen LogP contribution is -2.52. The van der Waals surface area contributed by atoms with Crippen molar-refractivity contribution in [1.82, 2.24) is 0 Å². The van der Waals surface area contributed by atoms with E-state index in [1.165, 1.54) is 5.57 Å². The second-order valence-corrected chi connectivity index (χ2v) is 9.68. The van der Waals surface area contributed by atoms with Crippen molar-refractivity contribution >= 4 is 27.5 Å². The molecule has 4 rings (SSSR count). The van der Waals surface area contributed by atoms with E-state index in [0.29, 0.717) is 23.5 Å². The molecule has 0 aromatic rings. The number of rotatable bonds is 0. The van der Waals surface area contributed by atoms with Crippen molar-refractivity contribution in [3.05, 3.63) is 23.3 Å². The van der Waals surface area contributed by atoms with Crippen molar-refractivity contribution in [2.45, 2.75) is 57.7 Å². The Morgan fingerprint density at radius 2 is 1.91 bits per heavy atom. The molecule has 0 aromatic carbocycles. The summed E-state index contributed by atoms with van der Waals surface area (Å²) >= 11 is 3.87. The molecule has 124 valence electrons. The van der Waals surface area contributed by atoms with Gasteiger partial charge in [0.1, 0.15) is 5.78 Å². The van der Waals surface area contributed by atoms with E-state index in [0.717, 1.165) is 37.7 Å². The number of halogens is 1. The first kappa shape index (κ1) is 15.8. The van der Waals surface area contributed by atoms with Gasteiger partial charge < -0.3 is 0 Å². The molecule has 4 aliphatic rings. The lowest BCUT2D eigenvalue weighted by molar-refractivity contribution is -0.131. The molecule has 3 unspecified atom stereocenters. The van der Waals surface area contributed by atoms with Gasteiger partial charge in [0.15, 0.2) is 5.78 Å². The van der Waals surface area contributed by atoms with Gasteiger partial charge >= 0.3 is 0 Å². The molecule has 4 aliphatic carbocycles. The van der Waals surface area contributed by atoms with E-state index in [1.54, 1.807) is 0 Å². The smallest absolute Gasteiger partial charge is 0.181 e. The molecule has 0 radical (unpaired) electrons. The fourth-order valence-electron chi connectivity index (χ4n) is 6.26. The topological polar surface area (TPSA) is 34.1 Å². The van der Waals surface area contributed by atoms with Crippen LogP contribution in [0.5, 0.6) is 0 Å². The van der Waals surface area contributed by atoms with Gasteiger partial charge in [-0.3, -0.25) is 9.59 Å². The fourth-order valence-corrected chi connectivity index (χ4v) is 7.32. The maximum atomic E-state index is 12.5. The number of alkyl halides is 1. The van der Waals surface area contributed by atoms with Gasteiger partial charge in [0.25, 0.3) is 0 Å². The maximum absolute atomic E-state index is 12.5. The average molecular weight is 377 g/mol. The summed E-state index contributed by atoms with van der Waals surface area (Å²) in [5.74, 6) is 2.33. The molecule has 0 saturated heterocycles. The number of hydrogen-bond acceptors (Lipinski definition) is 2. The van der Waals surface area contributed by atoms with Crippen molar-refractivity contribution in [3.8, 4) is 0 Å². The lowest BCUT2D eigenvalue weighted by Gasteiger charge is -2.57. The number of hydrogen-bond donors (Lipinski definition) is 0. The molecular formula is C20H25BrO2. The van der Waals surface area contributed by atoms with Crippen LogP contribution in [0.2, 0.25) is 0 Å². The van der Waals surface area contributed by atoms with Gasteiger partial charge in [0, 0.05) is 22.1 Å². The zero-order chi connectivity index (χ0) is 16.6. The molecule has 3 saturated carbocycles. The monoisotopic (exact) mass is 376 g/mol. The second-order valence-electron chi connectivity index (χ2n) is 8.57. The van der Waals surface area contributed by atoms with Gasteiger partial charge in [-0.2, -0.15) is 0 Å². The fraction of sp³-hybridized carbons (Fsp3) is 0.700. The number of carbonyl (C=O) groups excluding carboxylic acids is 2. The van der Waals surface area contributed by atoms with Crippen LogP contribution in [0.25, 0.3) is 0 Å². The number of Topliss-reactive ketones (excluding diaryl/α,β-unsaturated/α-hetero) is 1. The zero-order valence-corrected chi connectivity index (χ0v) is 15.8. The van der Waals surface area contributed by atoms with Crippen LogP contribution in [0, 0.1) is 28.6 Å². The van der Waals surface area contributed by atoms with E-state index < -0.39 is 0 Å². The summed E-state index contributed by atoms with van der Waals surface area (Å²) in [5, 5.41) is 0. The highest BCUT2D eigenvalue weighted by molar-refractivity contribution is 9.09. The summed E-state index contributed by atoms with van der Waals surface area (Å²) in [5.41, 5.74) is 2.03. The Balaban J connectivity index is 1.78. The molecule has 0 N–H and O–H groups in total. The van der Waals surface area contributed by atoms with Crippen LogP contribution in [0.15, 0.2) is 23.3 Å². The first-order valence-electron chi connectivity index (χ1n) is 8.90. The Kier molecular flexibility index (Phi) is 3.37. The molecular weight excluding hydrogens is 352 g/mol. The van der Waals surface area contributed by atoms with Crippen molar-refractivity contribution in [2.24, 2.45) is 28.6 Å². The third-order valence-electron chi connectivity index (χ3n) is 7.55. The molecule has 0 spiro atoms. The first-order chi connectivity index (χ1) is 10.8. The van der Waals surface area contributed by atoms with Crippen LogP contribution in [0.3, 0.4) is 0 Å². The third-order valence-corrected chi connectivity index (χ3v) is 8.41. The van der Waals surface area contributed by atoms with Crippen LogP contribution >= 0.6 is 15.9 Å². The van der Waals surface area contributed by atoms with Crippen molar-refractivity contribution < 1.29 is 9.59 Å². The van der Waals surface area contributed by atoms with Crippen molar-refractivity contribution in [2.75, 3.05) is 0 Å². The van der Waals surface area contributed by atoms with Gasteiger partial charge in [-0.1, -0.05) is 35.9 Å². The van der Waals surface area contributed by atoms with Gasteiger partial charge in [0.05, 0.1) is 0 Å². The molecule has 0 bridgehead atoms. The molecule has 3 fully saturated rings. The Hall–Kier alpha value is -0.700. The summed E-state index contributed by atoms with van der Waals surface area (Å²) < 4.78 is 0. The molecule has 23 heavy (non-hydrogen) atoms. The summed E-state index contributed by atoms with van der Waals surface area (Å²) in [6, 6.07) is 0. The van der Waals surface area contributed by atoms with Gasteiger partial charge in [-0.25, -0.2) is 0 Å². The van der Waals surface area contributed by atoms with E-state index in [1.807, 2.05) is 13.0 Å². The van der Waals surface area contributed by atoms with Crippen molar-refractivity contribution in [3.63, 3.8) is 0 Å². The minimum atomic E-state index is -0.0886. The van der Waals surface area contributed by atoms with Gasteiger partial charge in [0.2, 0.25) is 0 Å². The van der Waals surface area contributed by atoms with E-state index >= 15 is 0 Å². The largest absolute Gasteiger partial charge is 0.299 e. The van der Waals surface area contributed by atoms with Crippen LogP contribution in [0.1, 0.15) is 52.9 Å². The van der Waals surface area contributed by atoms with E-state index in [-0.39, 0.29) is 21.4 Å². The van der Waals surface area contributed by atoms with E-state index in [2.05, 4.69) is 35.9 Å². The van der Waals surface area contributed by atoms with Crippen LogP contribution in [0.4, 0.5) is 0 Å². The third kappa shape index (κ3) is 1.98. The number of ketones is 2. The standard InChI is InChI=1S/C20H25BrO2/c1-11-10-20(3)14-6-7-19(2)13(4-5-18(19)23)12(14)8-16(21)15(20)9-17(11)22/h9-10,12-14,16H,4-8H2,1-3H3/t12?,13?,14?,16-,19-,20+/m0/s1. The van der Waals surface area contributed by atoms with E-state index in [4.69, 9.17) is 0 Å². The van der Waals surface area contributed by atoms with Gasteiger partial charge in [-0.05, 0) is 67.6 Å². The molecule has 0 aromatic heterocycles. The molecule has 0 heterocycles. The summed E-state index contributed by atoms with van der Waals surface area (Å²) in [6.07, 6.45) is 9.15. The minimum Gasteiger partial charge on any atom is -0.299 e. The second kappa shape index (κ2) is 4.91. The van der Waals surface area contributed by atoms with Gasteiger partial charge in [-0.15, -0.1) is 0 Å². The zero-order valence-electron chi connectivity index (χ0n) is 14.2. The normalized spacial score (nSPS) is 49.0. The molecule has 2 nitrogen and oxygen atoms in total. The maximum Gasteiger partial charge on any atom is 0.181 e. The SMILES string of the molecule is CC1=C[C@@]2(C)C(=CC1=O)[C@@H](Br)CC1C2CC[C@]2(C)C(=O)CCC12. The van der Waals surface area contributed by atoms with Crippen LogP contribution in [-0.2, 0) is 9.59 Å². The average Bonchev–Trinajstić information content (AvgIpc) is 2.78. The molecule has 0 amide bonds. The Labute approximate surface area is 146 Å². The van der Waals surface area contributed by atoms with Crippen molar-refractivity contribution in [1.29, 1.82) is 0 Å². The number of carbonyl (C=O) groups is 2. The first-order valence-corrected chi connectivity index (χ1v) is 9.82. The summed E-state index contributed by atoms with van der Waals surface area (Å²) in [7, 11) is 0. The predicted molar refractivity (Wildman–Crippen MR) is 94.3 cm³/mol. The summed E-state index contributed by atoms with van der Waals surface area (Å²) in [4.78, 5) is 24.9. The number of fused-ring (bicyclic) bond motifs is 5. The Morgan fingerprint density at radius 3 is 2.65 bits per heavy atom. The predicted octanol–water partition coefficient (Wildman–Crippen LogP) is 4.63. The summed E-state index contributed by atoms with van der Waals surface area (Å²) in [6.45, 7) is 6.48. The quantitative estimate of drug-likeness (QED) is 0.577. The highest BCUT2D eigenvalue weighted by atomic mass is 79.9. The Bertz CT molecular complexity index is 661. The number of allylic oxidation sites excluding steroid dienone is 4. The lowest BCUT2D eigenvalue weighted by atomic mass is 9.48. The molecule has 3 heteroatoms. The minimum absolute atomic E-state index is 0.0257. The van der Waals surface area contributed by atoms with E-state index in [9.17, 15) is 9.59 Å². The van der Waals surface area contributed by atoms with Crippen LogP contribution in [-0.4, -0.2) is 16.4 Å². The Morgan fingerprint density at radius 1 is 1.17 bits per heavy atom. The molecule has 0 aliphatic heterocycles. The highest BCUT2D eigenvalue weighted by Crippen LogP contribution is 2.64. The van der Waals surface area contributed by atoms with Crippen LogP contribution < -0.4 is 0 Å². The highest BCUT2D eigenvalue weighted by Gasteiger charge is 2.59. The molecule has 6 atom stereocenters.